The summed E-state index contributed by atoms with van der Waals surface area (Å²) < 4.78 is 5.39. The van der Waals surface area contributed by atoms with Crippen molar-refractivity contribution in [2.75, 3.05) is 20.2 Å². The Morgan fingerprint density at radius 1 is 0.968 bits per heavy atom. The minimum absolute atomic E-state index is 0.233. The van der Waals surface area contributed by atoms with Gasteiger partial charge in [0.25, 0.3) is 0 Å². The van der Waals surface area contributed by atoms with Gasteiger partial charge in [-0.3, -0.25) is 9.88 Å². The van der Waals surface area contributed by atoms with Gasteiger partial charge in [0, 0.05) is 37.7 Å². The Bertz CT molecular complexity index is 1020. The highest BCUT2D eigenvalue weighted by Gasteiger charge is 2.52. The molecular weight excluding hydrogens is 384 g/mol. The smallest absolute Gasteiger partial charge is 0.119 e. The van der Waals surface area contributed by atoms with Crippen molar-refractivity contribution in [3.63, 3.8) is 0 Å². The number of pyridine rings is 1. The van der Waals surface area contributed by atoms with Crippen molar-refractivity contribution < 1.29 is 9.84 Å². The summed E-state index contributed by atoms with van der Waals surface area (Å²) >= 11 is 0. The molecule has 1 aromatic heterocycles. The Kier molecular flexibility index (Phi) is 5.51. The van der Waals surface area contributed by atoms with E-state index in [1.165, 1.54) is 23.1 Å². The van der Waals surface area contributed by atoms with Crippen LogP contribution < -0.4 is 4.74 Å². The Hall–Kier alpha value is -2.69. The SMILES string of the molecule is COc1cccc(-c2cccc(CN3C[C@H]4CCC[C@@H](C3)C4(O)c3ccccn3)c2)c1. The standard InChI is InChI=1S/C27H30N2O2/c1-31-25-12-5-9-22(16-25)21-8-4-7-20(15-21)17-29-18-23-10-6-11-24(19-29)27(23,30)26-13-2-3-14-28-26/h2-5,7-9,12-16,23-24,30H,6,10-11,17-19H2,1H3/t23-,24+,27?. The summed E-state index contributed by atoms with van der Waals surface area (Å²) in [6.07, 6.45) is 5.12. The molecule has 1 saturated heterocycles. The van der Waals surface area contributed by atoms with Crippen LogP contribution >= 0.6 is 0 Å². The van der Waals surface area contributed by atoms with Crippen LogP contribution in [0, 0.1) is 11.8 Å². The van der Waals surface area contributed by atoms with Crippen molar-refractivity contribution in [1.82, 2.24) is 9.88 Å². The number of piperidine rings is 1. The van der Waals surface area contributed by atoms with E-state index in [0.717, 1.165) is 43.9 Å². The van der Waals surface area contributed by atoms with E-state index in [2.05, 4.69) is 46.3 Å². The molecule has 2 fully saturated rings. The maximum atomic E-state index is 11.7. The number of aliphatic hydroxyl groups is 1. The first-order valence-electron chi connectivity index (χ1n) is 11.3. The first kappa shape index (κ1) is 20.2. The molecule has 0 spiro atoms. The van der Waals surface area contributed by atoms with E-state index in [9.17, 15) is 5.11 Å². The Morgan fingerprint density at radius 2 is 1.71 bits per heavy atom. The summed E-state index contributed by atoms with van der Waals surface area (Å²) in [5, 5.41) is 11.7. The van der Waals surface area contributed by atoms with Crippen molar-refractivity contribution >= 4 is 0 Å². The number of hydrogen-bond donors (Lipinski definition) is 1. The topological polar surface area (TPSA) is 45.6 Å². The molecule has 2 aliphatic rings. The maximum Gasteiger partial charge on any atom is 0.119 e. The highest BCUT2D eigenvalue weighted by atomic mass is 16.5. The molecule has 1 N–H and O–H groups in total. The van der Waals surface area contributed by atoms with E-state index < -0.39 is 5.60 Å². The van der Waals surface area contributed by atoms with Crippen molar-refractivity contribution in [3.8, 4) is 16.9 Å². The lowest BCUT2D eigenvalue weighted by molar-refractivity contribution is -0.151. The van der Waals surface area contributed by atoms with Gasteiger partial charge in [-0.25, -0.2) is 0 Å². The van der Waals surface area contributed by atoms with Gasteiger partial charge in [-0.1, -0.05) is 42.8 Å². The zero-order valence-electron chi connectivity index (χ0n) is 18.1. The first-order chi connectivity index (χ1) is 15.2. The van der Waals surface area contributed by atoms with Gasteiger partial charge < -0.3 is 9.84 Å². The molecule has 5 rings (SSSR count). The van der Waals surface area contributed by atoms with Crippen LogP contribution in [0.1, 0.15) is 30.5 Å². The summed E-state index contributed by atoms with van der Waals surface area (Å²) in [7, 11) is 1.70. The predicted octanol–water partition coefficient (Wildman–Crippen LogP) is 4.88. The second kappa shape index (κ2) is 8.45. The van der Waals surface area contributed by atoms with Gasteiger partial charge >= 0.3 is 0 Å². The molecule has 2 aromatic carbocycles. The molecule has 160 valence electrons. The molecule has 1 unspecified atom stereocenters. The molecule has 3 aromatic rings. The van der Waals surface area contributed by atoms with E-state index in [-0.39, 0.29) is 11.8 Å². The average Bonchev–Trinajstić information content (AvgIpc) is 2.80. The van der Waals surface area contributed by atoms with E-state index in [0.29, 0.717) is 0 Å². The van der Waals surface area contributed by atoms with Gasteiger partial charge in [0.15, 0.2) is 0 Å². The van der Waals surface area contributed by atoms with Crippen LogP contribution in [0.25, 0.3) is 11.1 Å². The third kappa shape index (κ3) is 3.86. The van der Waals surface area contributed by atoms with Gasteiger partial charge in [0.05, 0.1) is 12.8 Å². The fraction of sp³-hybridized carbons (Fsp3) is 0.370. The Morgan fingerprint density at radius 3 is 2.42 bits per heavy atom. The first-order valence-corrected chi connectivity index (χ1v) is 11.3. The van der Waals surface area contributed by atoms with E-state index >= 15 is 0 Å². The number of hydrogen-bond acceptors (Lipinski definition) is 4. The zero-order valence-corrected chi connectivity index (χ0v) is 18.1. The number of aromatic nitrogens is 1. The summed E-state index contributed by atoms with van der Waals surface area (Å²) in [6.45, 7) is 2.73. The summed E-state index contributed by atoms with van der Waals surface area (Å²) in [5.74, 6) is 1.34. The van der Waals surface area contributed by atoms with Crippen molar-refractivity contribution in [1.29, 1.82) is 0 Å². The number of methoxy groups -OCH3 is 1. The largest absolute Gasteiger partial charge is 0.497 e. The van der Waals surface area contributed by atoms with Gasteiger partial charge in [-0.15, -0.1) is 0 Å². The molecule has 1 aliphatic heterocycles. The normalized spacial score (nSPS) is 25.9. The number of likely N-dealkylation sites (tertiary alicyclic amines) is 1. The second-order valence-corrected chi connectivity index (χ2v) is 8.99. The predicted molar refractivity (Wildman–Crippen MR) is 123 cm³/mol. The van der Waals surface area contributed by atoms with Crippen LogP contribution in [-0.4, -0.2) is 35.2 Å². The molecule has 31 heavy (non-hydrogen) atoms. The third-order valence-electron chi connectivity index (χ3n) is 7.12. The average molecular weight is 415 g/mol. The second-order valence-electron chi connectivity index (χ2n) is 8.99. The van der Waals surface area contributed by atoms with Crippen molar-refractivity contribution in [3.05, 3.63) is 84.2 Å². The molecule has 2 heterocycles. The monoisotopic (exact) mass is 414 g/mol. The highest BCUT2D eigenvalue weighted by Crippen LogP contribution is 2.48. The van der Waals surface area contributed by atoms with Gasteiger partial charge in [-0.05, 0) is 59.9 Å². The van der Waals surface area contributed by atoms with Crippen LogP contribution in [0.3, 0.4) is 0 Å². The maximum absolute atomic E-state index is 11.7. The minimum Gasteiger partial charge on any atom is -0.497 e. The fourth-order valence-electron chi connectivity index (χ4n) is 5.60. The van der Waals surface area contributed by atoms with Gasteiger partial charge in [-0.2, -0.15) is 0 Å². The van der Waals surface area contributed by atoms with E-state index in [1.807, 2.05) is 30.3 Å². The number of rotatable bonds is 5. The number of nitrogens with zero attached hydrogens (tertiary/aromatic N) is 2. The Balaban J connectivity index is 1.35. The number of ether oxygens (including phenoxy) is 1. The van der Waals surface area contributed by atoms with E-state index in [4.69, 9.17) is 4.74 Å². The van der Waals surface area contributed by atoms with Crippen LogP contribution in [0.5, 0.6) is 5.75 Å². The minimum atomic E-state index is -0.793. The molecule has 2 bridgehead atoms. The quantitative estimate of drug-likeness (QED) is 0.647. The van der Waals surface area contributed by atoms with Crippen molar-refractivity contribution in [2.45, 2.75) is 31.4 Å². The highest BCUT2D eigenvalue weighted by molar-refractivity contribution is 5.65. The molecule has 4 nitrogen and oxygen atoms in total. The van der Waals surface area contributed by atoms with Crippen LogP contribution in [0.2, 0.25) is 0 Å². The molecular formula is C27H30N2O2. The fourth-order valence-corrected chi connectivity index (χ4v) is 5.60. The molecule has 0 radical (unpaired) electrons. The van der Waals surface area contributed by atoms with Gasteiger partial charge in [0.1, 0.15) is 11.4 Å². The molecule has 3 atom stereocenters. The molecule has 1 aliphatic carbocycles. The lowest BCUT2D eigenvalue weighted by atomic mass is 9.64. The molecule has 1 saturated carbocycles. The van der Waals surface area contributed by atoms with Gasteiger partial charge in [0.2, 0.25) is 0 Å². The number of benzene rings is 2. The van der Waals surface area contributed by atoms with E-state index in [1.54, 1.807) is 13.3 Å². The summed E-state index contributed by atoms with van der Waals surface area (Å²) in [6, 6.07) is 22.9. The molecule has 4 heteroatoms. The summed E-state index contributed by atoms with van der Waals surface area (Å²) in [5.41, 5.74) is 3.74. The zero-order chi connectivity index (χ0) is 21.3. The van der Waals surface area contributed by atoms with Crippen LogP contribution in [0.4, 0.5) is 0 Å². The van der Waals surface area contributed by atoms with Crippen LogP contribution in [0.15, 0.2) is 72.9 Å². The third-order valence-corrected chi connectivity index (χ3v) is 7.12. The Labute approximate surface area is 184 Å². The summed E-state index contributed by atoms with van der Waals surface area (Å²) in [4.78, 5) is 7.07. The lowest BCUT2D eigenvalue weighted by Gasteiger charge is -2.52. The van der Waals surface area contributed by atoms with Crippen molar-refractivity contribution in [2.24, 2.45) is 11.8 Å². The number of fused-ring (bicyclic) bond motifs is 2. The van der Waals surface area contributed by atoms with Crippen LogP contribution in [-0.2, 0) is 12.1 Å². The molecule has 0 amide bonds. The lowest BCUT2D eigenvalue weighted by Crippen LogP contribution is -2.58.